The molecule has 0 spiro atoms. The Balaban J connectivity index is 1.39. The molecule has 0 saturated carbocycles. The Labute approximate surface area is 197 Å². The number of pyridine rings is 1. The summed E-state index contributed by atoms with van der Waals surface area (Å²) in [6, 6.07) is 18.2. The first-order valence-electron chi connectivity index (χ1n) is 11.0. The minimum atomic E-state index is -1.09. The topological polar surface area (TPSA) is 109 Å². The van der Waals surface area contributed by atoms with Crippen molar-refractivity contribution in [3.05, 3.63) is 83.7 Å². The number of carboxylic acid groups (broad SMARTS) is 1. The summed E-state index contributed by atoms with van der Waals surface area (Å²) in [5, 5.41) is 11.8. The first-order valence-corrected chi connectivity index (χ1v) is 11.0. The summed E-state index contributed by atoms with van der Waals surface area (Å²) >= 11 is 0. The Morgan fingerprint density at radius 1 is 1.03 bits per heavy atom. The standard InChI is InChI=1S/C26H25N3O5/c1-3-29(16(2)25(31)32)24(30)23-13-12-17(14-27-23)28-26(33)34-15-22-20-10-6-4-8-18(20)19-9-5-7-11-21(19)22/h4-14,16,22H,3,15H2,1-2H3,(H,28,33)(H,31,32). The highest BCUT2D eigenvalue weighted by Crippen LogP contribution is 2.44. The summed E-state index contributed by atoms with van der Waals surface area (Å²) in [4.78, 5) is 41.5. The van der Waals surface area contributed by atoms with E-state index in [4.69, 9.17) is 4.74 Å². The van der Waals surface area contributed by atoms with Gasteiger partial charge in [-0.25, -0.2) is 14.6 Å². The smallest absolute Gasteiger partial charge is 0.411 e. The number of carbonyl (C=O) groups is 3. The highest BCUT2D eigenvalue weighted by molar-refractivity contribution is 5.95. The highest BCUT2D eigenvalue weighted by atomic mass is 16.5. The van der Waals surface area contributed by atoms with Crippen molar-refractivity contribution in [1.29, 1.82) is 0 Å². The number of anilines is 1. The van der Waals surface area contributed by atoms with Gasteiger partial charge in [-0.05, 0) is 48.2 Å². The Kier molecular flexibility index (Phi) is 6.58. The first kappa shape index (κ1) is 23.0. The van der Waals surface area contributed by atoms with E-state index in [0.29, 0.717) is 5.69 Å². The fourth-order valence-corrected chi connectivity index (χ4v) is 4.22. The summed E-state index contributed by atoms with van der Waals surface area (Å²) in [7, 11) is 0. The Bertz CT molecular complexity index is 1180. The summed E-state index contributed by atoms with van der Waals surface area (Å²) in [6.07, 6.45) is 0.714. The van der Waals surface area contributed by atoms with Crippen LogP contribution in [0.2, 0.25) is 0 Å². The van der Waals surface area contributed by atoms with Crippen molar-refractivity contribution in [3.63, 3.8) is 0 Å². The molecule has 1 unspecified atom stereocenters. The van der Waals surface area contributed by atoms with Crippen LogP contribution in [0.4, 0.5) is 10.5 Å². The maximum atomic E-state index is 12.6. The molecule has 0 saturated heterocycles. The van der Waals surface area contributed by atoms with Crippen molar-refractivity contribution in [1.82, 2.24) is 9.88 Å². The molecule has 2 aromatic carbocycles. The van der Waals surface area contributed by atoms with Crippen LogP contribution < -0.4 is 5.32 Å². The second kappa shape index (κ2) is 9.74. The molecule has 1 atom stereocenters. The van der Waals surface area contributed by atoms with Gasteiger partial charge in [0.1, 0.15) is 18.3 Å². The second-order valence-electron chi connectivity index (χ2n) is 7.99. The number of benzene rings is 2. The van der Waals surface area contributed by atoms with Gasteiger partial charge in [-0.1, -0.05) is 48.5 Å². The van der Waals surface area contributed by atoms with E-state index in [1.807, 2.05) is 36.4 Å². The minimum Gasteiger partial charge on any atom is -0.480 e. The third-order valence-corrected chi connectivity index (χ3v) is 6.00. The van der Waals surface area contributed by atoms with Gasteiger partial charge in [-0.2, -0.15) is 0 Å². The summed E-state index contributed by atoms with van der Waals surface area (Å²) in [5.41, 5.74) is 5.00. The van der Waals surface area contributed by atoms with Gasteiger partial charge in [-0.3, -0.25) is 10.1 Å². The van der Waals surface area contributed by atoms with Crippen molar-refractivity contribution < 1.29 is 24.2 Å². The number of hydrogen-bond acceptors (Lipinski definition) is 5. The molecule has 2 N–H and O–H groups in total. The molecule has 1 aliphatic rings. The lowest BCUT2D eigenvalue weighted by Gasteiger charge is -2.24. The molecular weight excluding hydrogens is 434 g/mol. The van der Waals surface area contributed by atoms with Crippen LogP contribution in [0.15, 0.2) is 66.9 Å². The van der Waals surface area contributed by atoms with Crippen LogP contribution >= 0.6 is 0 Å². The van der Waals surface area contributed by atoms with E-state index >= 15 is 0 Å². The molecule has 1 aromatic heterocycles. The molecule has 8 heteroatoms. The number of aliphatic carboxylic acids is 1. The maximum absolute atomic E-state index is 12.6. The summed E-state index contributed by atoms with van der Waals surface area (Å²) in [6.45, 7) is 3.55. The zero-order valence-corrected chi connectivity index (χ0v) is 18.9. The monoisotopic (exact) mass is 459 g/mol. The van der Waals surface area contributed by atoms with E-state index in [9.17, 15) is 19.5 Å². The molecule has 0 bridgehead atoms. The van der Waals surface area contributed by atoms with Crippen LogP contribution in [-0.4, -0.2) is 52.2 Å². The number of nitrogens with zero attached hydrogens (tertiary/aromatic N) is 2. The lowest BCUT2D eigenvalue weighted by atomic mass is 9.98. The van der Waals surface area contributed by atoms with Crippen LogP contribution in [0.5, 0.6) is 0 Å². The molecule has 3 aromatic rings. The van der Waals surface area contributed by atoms with Gasteiger partial charge in [0.25, 0.3) is 5.91 Å². The normalized spacial score (nSPS) is 12.9. The molecule has 0 fully saturated rings. The largest absolute Gasteiger partial charge is 0.480 e. The fraction of sp³-hybridized carbons (Fsp3) is 0.231. The Hall–Kier alpha value is -4.20. The maximum Gasteiger partial charge on any atom is 0.411 e. The molecule has 0 aliphatic heterocycles. The number of likely N-dealkylation sites (N-methyl/N-ethyl adjacent to an activating group) is 1. The lowest BCUT2D eigenvalue weighted by molar-refractivity contribution is -0.141. The molecule has 0 radical (unpaired) electrons. The summed E-state index contributed by atoms with van der Waals surface area (Å²) in [5.74, 6) is -1.64. The number of nitrogens with one attached hydrogen (secondary N) is 1. The predicted octanol–water partition coefficient (Wildman–Crippen LogP) is 4.38. The van der Waals surface area contributed by atoms with Crippen molar-refractivity contribution in [3.8, 4) is 11.1 Å². The molecule has 174 valence electrons. The average Bonchev–Trinajstić information content (AvgIpc) is 3.17. The highest BCUT2D eigenvalue weighted by Gasteiger charge is 2.29. The zero-order valence-electron chi connectivity index (χ0n) is 18.9. The van der Waals surface area contributed by atoms with Crippen molar-refractivity contribution >= 4 is 23.7 Å². The number of fused-ring (bicyclic) bond motifs is 3. The molecule has 34 heavy (non-hydrogen) atoms. The van der Waals surface area contributed by atoms with Crippen LogP contribution in [0.1, 0.15) is 41.4 Å². The molecule has 1 heterocycles. The Morgan fingerprint density at radius 3 is 2.18 bits per heavy atom. The van der Waals surface area contributed by atoms with Gasteiger partial charge in [0.15, 0.2) is 0 Å². The van der Waals surface area contributed by atoms with Gasteiger partial charge in [0.05, 0.1) is 11.9 Å². The van der Waals surface area contributed by atoms with Crippen LogP contribution in [0.25, 0.3) is 11.1 Å². The molecule has 4 rings (SSSR count). The number of hydrogen-bond donors (Lipinski definition) is 2. The van der Waals surface area contributed by atoms with E-state index in [2.05, 4.69) is 22.4 Å². The van der Waals surface area contributed by atoms with Gasteiger partial charge >= 0.3 is 12.1 Å². The van der Waals surface area contributed by atoms with Crippen molar-refractivity contribution in [2.75, 3.05) is 18.5 Å². The average molecular weight is 460 g/mol. The molecule has 8 nitrogen and oxygen atoms in total. The SMILES string of the molecule is CCN(C(=O)c1ccc(NC(=O)OCC2c3ccccc3-c3ccccc32)cn1)C(C)C(=O)O. The number of aromatic nitrogens is 1. The van der Waals surface area contributed by atoms with Crippen molar-refractivity contribution in [2.24, 2.45) is 0 Å². The first-order chi connectivity index (χ1) is 16.4. The quantitative estimate of drug-likeness (QED) is 0.543. The zero-order chi connectivity index (χ0) is 24.2. The number of carbonyl (C=O) groups excluding carboxylic acids is 2. The van der Waals surface area contributed by atoms with Crippen LogP contribution in [0.3, 0.4) is 0 Å². The van der Waals surface area contributed by atoms with E-state index in [1.165, 1.54) is 30.2 Å². The third kappa shape index (κ3) is 4.47. The van der Waals surface area contributed by atoms with E-state index in [0.717, 1.165) is 22.3 Å². The van der Waals surface area contributed by atoms with Gasteiger partial charge in [0.2, 0.25) is 0 Å². The van der Waals surface area contributed by atoms with Crippen molar-refractivity contribution in [2.45, 2.75) is 25.8 Å². The second-order valence-corrected chi connectivity index (χ2v) is 7.99. The van der Waals surface area contributed by atoms with E-state index in [1.54, 1.807) is 6.92 Å². The number of rotatable bonds is 7. The number of ether oxygens (including phenoxy) is 1. The van der Waals surface area contributed by atoms with Crippen LogP contribution in [-0.2, 0) is 9.53 Å². The van der Waals surface area contributed by atoms with Gasteiger partial charge in [-0.15, -0.1) is 0 Å². The molecule has 2 amide bonds. The number of amides is 2. The minimum absolute atomic E-state index is 0.0486. The molecule has 1 aliphatic carbocycles. The Morgan fingerprint density at radius 2 is 1.65 bits per heavy atom. The van der Waals surface area contributed by atoms with E-state index in [-0.39, 0.29) is 24.8 Å². The van der Waals surface area contributed by atoms with Crippen LogP contribution in [0, 0.1) is 0 Å². The fourth-order valence-electron chi connectivity index (χ4n) is 4.22. The third-order valence-electron chi connectivity index (χ3n) is 6.00. The number of carboxylic acids is 1. The summed E-state index contributed by atoms with van der Waals surface area (Å²) < 4.78 is 5.52. The molecular formula is C26H25N3O5. The lowest BCUT2D eigenvalue weighted by Crippen LogP contribution is -2.43. The predicted molar refractivity (Wildman–Crippen MR) is 127 cm³/mol. The van der Waals surface area contributed by atoms with E-state index < -0.39 is 24.0 Å². The van der Waals surface area contributed by atoms with Gasteiger partial charge < -0.3 is 14.7 Å². The van der Waals surface area contributed by atoms with Gasteiger partial charge in [0, 0.05) is 12.5 Å².